The number of hydrogen-bond acceptors (Lipinski definition) is 7. The van der Waals surface area contributed by atoms with Gasteiger partial charge in [-0.3, -0.25) is 4.79 Å². The van der Waals surface area contributed by atoms with Crippen molar-refractivity contribution in [3.63, 3.8) is 0 Å². The highest BCUT2D eigenvalue weighted by Crippen LogP contribution is 2.26. The molecule has 1 aromatic carbocycles. The fourth-order valence-corrected chi connectivity index (χ4v) is 3.15. The first-order chi connectivity index (χ1) is 13.8. The molecule has 0 saturated heterocycles. The van der Waals surface area contributed by atoms with Crippen molar-refractivity contribution in [2.45, 2.75) is 17.1 Å². The van der Waals surface area contributed by atoms with Gasteiger partial charge in [-0.05, 0) is 42.5 Å². The van der Waals surface area contributed by atoms with Gasteiger partial charge in [0.15, 0.2) is 0 Å². The Balaban J connectivity index is 1.68. The minimum Gasteiger partial charge on any atom is -0.406 e. The monoisotopic (exact) mass is 421 g/mol. The third-order valence-corrected chi connectivity index (χ3v) is 4.49. The minimum absolute atomic E-state index is 0.153. The van der Waals surface area contributed by atoms with Crippen LogP contribution in [0, 0.1) is 0 Å². The first-order valence-corrected chi connectivity index (χ1v) is 9.11. The molecule has 0 unspecified atom stereocenters. The molecule has 2 heterocycles. The summed E-state index contributed by atoms with van der Waals surface area (Å²) in [5.41, 5.74) is 6.86. The van der Waals surface area contributed by atoms with E-state index in [4.69, 9.17) is 5.73 Å². The summed E-state index contributed by atoms with van der Waals surface area (Å²) in [6.07, 6.45) is -1.69. The Bertz CT molecular complexity index is 999. The molecule has 3 aromatic rings. The minimum atomic E-state index is -4.78. The van der Waals surface area contributed by atoms with Gasteiger partial charge in [0.1, 0.15) is 10.8 Å². The maximum atomic E-state index is 12.6. The van der Waals surface area contributed by atoms with Gasteiger partial charge < -0.3 is 15.8 Å². The van der Waals surface area contributed by atoms with Gasteiger partial charge in [0, 0.05) is 23.8 Å². The summed E-state index contributed by atoms with van der Waals surface area (Å²) in [6.45, 7) is 0. The Kier molecular flexibility index (Phi) is 6.17. The van der Waals surface area contributed by atoms with Gasteiger partial charge in [-0.25, -0.2) is 15.0 Å². The standard InChI is InChI=1S/C18H14F3N5O2S/c19-18(20,21)28-13-5-3-11(4-6-13)25-15(27)14-2-1-8-23-16(14)29-10-12-7-9-24-17(22)26-12/h1-9H,10H2,(H,25,27)(H2,22,24,26). The van der Waals surface area contributed by atoms with Crippen molar-refractivity contribution in [1.82, 2.24) is 15.0 Å². The molecule has 0 bridgehead atoms. The number of ether oxygens (including phenoxy) is 1. The molecule has 0 aliphatic carbocycles. The first-order valence-electron chi connectivity index (χ1n) is 8.12. The van der Waals surface area contributed by atoms with Crippen LogP contribution in [-0.2, 0) is 5.75 Å². The van der Waals surface area contributed by atoms with Crippen LogP contribution in [0.15, 0.2) is 59.9 Å². The highest BCUT2D eigenvalue weighted by Gasteiger charge is 2.31. The molecule has 3 N–H and O–H groups in total. The molecule has 2 aromatic heterocycles. The second kappa shape index (κ2) is 8.78. The third kappa shape index (κ3) is 6.07. The Morgan fingerprint density at radius 2 is 1.86 bits per heavy atom. The zero-order valence-electron chi connectivity index (χ0n) is 14.7. The number of amides is 1. The van der Waals surface area contributed by atoms with Crippen LogP contribution in [0.25, 0.3) is 0 Å². The number of carbonyl (C=O) groups is 1. The summed E-state index contributed by atoms with van der Waals surface area (Å²) < 4.78 is 40.5. The largest absolute Gasteiger partial charge is 0.573 e. The molecule has 7 nitrogen and oxygen atoms in total. The molecule has 150 valence electrons. The van der Waals surface area contributed by atoms with Gasteiger partial charge >= 0.3 is 6.36 Å². The van der Waals surface area contributed by atoms with Gasteiger partial charge in [0.05, 0.1) is 11.3 Å². The molecular weight excluding hydrogens is 407 g/mol. The predicted octanol–water partition coefficient (Wildman–Crippen LogP) is 3.90. The number of anilines is 2. The first kappa shape index (κ1) is 20.4. The van der Waals surface area contributed by atoms with Crippen molar-refractivity contribution in [3.8, 4) is 5.75 Å². The van der Waals surface area contributed by atoms with Gasteiger partial charge in [-0.15, -0.1) is 13.2 Å². The number of alkyl halides is 3. The predicted molar refractivity (Wildman–Crippen MR) is 101 cm³/mol. The van der Waals surface area contributed by atoms with Crippen molar-refractivity contribution in [1.29, 1.82) is 0 Å². The molecule has 0 fully saturated rings. The third-order valence-electron chi connectivity index (χ3n) is 3.45. The number of thioether (sulfide) groups is 1. The second-order valence-electron chi connectivity index (χ2n) is 5.58. The van der Waals surface area contributed by atoms with E-state index in [1.807, 2.05) is 0 Å². The summed E-state index contributed by atoms with van der Waals surface area (Å²) in [4.78, 5) is 24.7. The smallest absolute Gasteiger partial charge is 0.406 e. The number of carbonyl (C=O) groups excluding carboxylic acids is 1. The quantitative estimate of drug-likeness (QED) is 0.582. The molecule has 29 heavy (non-hydrogen) atoms. The number of nitrogens with zero attached hydrogens (tertiary/aromatic N) is 3. The molecule has 1 amide bonds. The molecule has 3 rings (SSSR count). The van der Waals surface area contributed by atoms with E-state index in [1.165, 1.54) is 30.1 Å². The van der Waals surface area contributed by atoms with E-state index in [2.05, 4.69) is 25.0 Å². The Morgan fingerprint density at radius 1 is 1.10 bits per heavy atom. The van der Waals surface area contributed by atoms with Crippen LogP contribution in [0.1, 0.15) is 16.1 Å². The summed E-state index contributed by atoms with van der Waals surface area (Å²) in [5.74, 6) is -0.252. The molecule has 11 heteroatoms. The van der Waals surface area contributed by atoms with Gasteiger partial charge in [-0.2, -0.15) is 0 Å². The van der Waals surface area contributed by atoms with E-state index in [1.54, 1.807) is 24.4 Å². The van der Waals surface area contributed by atoms with Gasteiger partial charge in [-0.1, -0.05) is 11.8 Å². The van der Waals surface area contributed by atoms with Crippen LogP contribution in [0.2, 0.25) is 0 Å². The Morgan fingerprint density at radius 3 is 2.55 bits per heavy atom. The van der Waals surface area contributed by atoms with Crippen LogP contribution in [0.5, 0.6) is 5.75 Å². The van der Waals surface area contributed by atoms with Crippen LogP contribution in [0.4, 0.5) is 24.8 Å². The summed E-state index contributed by atoms with van der Waals surface area (Å²) >= 11 is 1.29. The lowest BCUT2D eigenvalue weighted by molar-refractivity contribution is -0.274. The number of aromatic nitrogens is 3. The van der Waals surface area contributed by atoms with E-state index >= 15 is 0 Å². The topological polar surface area (TPSA) is 103 Å². The highest BCUT2D eigenvalue weighted by molar-refractivity contribution is 7.98. The fraction of sp³-hybridized carbons (Fsp3) is 0.111. The summed E-state index contributed by atoms with van der Waals surface area (Å²) in [7, 11) is 0. The average molecular weight is 421 g/mol. The van der Waals surface area contributed by atoms with Crippen molar-refractivity contribution in [2.24, 2.45) is 0 Å². The van der Waals surface area contributed by atoms with Crippen molar-refractivity contribution in [3.05, 3.63) is 66.1 Å². The van der Waals surface area contributed by atoms with Crippen molar-refractivity contribution >= 4 is 29.3 Å². The van der Waals surface area contributed by atoms with Crippen LogP contribution >= 0.6 is 11.8 Å². The normalized spacial score (nSPS) is 11.1. The molecule has 0 aliphatic rings. The summed E-state index contributed by atoms with van der Waals surface area (Å²) in [6, 6.07) is 9.76. The maximum Gasteiger partial charge on any atom is 0.573 e. The number of nitrogens with two attached hydrogens (primary N) is 1. The molecule has 0 saturated carbocycles. The highest BCUT2D eigenvalue weighted by atomic mass is 32.2. The van der Waals surface area contributed by atoms with E-state index in [0.29, 0.717) is 27.7 Å². The van der Waals surface area contributed by atoms with E-state index in [9.17, 15) is 18.0 Å². The lowest BCUT2D eigenvalue weighted by Crippen LogP contribution is -2.17. The molecule has 0 radical (unpaired) electrons. The lowest BCUT2D eigenvalue weighted by atomic mass is 10.2. The van der Waals surface area contributed by atoms with Gasteiger partial charge in [0.25, 0.3) is 5.91 Å². The maximum absolute atomic E-state index is 12.6. The number of nitrogens with one attached hydrogen (secondary N) is 1. The van der Waals surface area contributed by atoms with Crippen LogP contribution < -0.4 is 15.8 Å². The molecule has 0 spiro atoms. The number of pyridine rings is 1. The Hall–Kier alpha value is -3.34. The van der Waals surface area contributed by atoms with Gasteiger partial charge in [0.2, 0.25) is 5.95 Å². The number of hydrogen-bond donors (Lipinski definition) is 2. The van der Waals surface area contributed by atoms with Crippen LogP contribution in [0.3, 0.4) is 0 Å². The van der Waals surface area contributed by atoms with E-state index < -0.39 is 12.3 Å². The number of halogens is 3. The molecule has 0 atom stereocenters. The fourth-order valence-electron chi connectivity index (χ4n) is 2.25. The van der Waals surface area contributed by atoms with Crippen molar-refractivity contribution in [2.75, 3.05) is 11.1 Å². The SMILES string of the molecule is Nc1nccc(CSc2ncccc2C(=O)Nc2ccc(OC(F)(F)F)cc2)n1. The van der Waals surface area contributed by atoms with Crippen molar-refractivity contribution < 1.29 is 22.7 Å². The zero-order chi connectivity index (χ0) is 20.9. The average Bonchev–Trinajstić information content (AvgIpc) is 2.67. The Labute approximate surface area is 167 Å². The van der Waals surface area contributed by atoms with Crippen LogP contribution in [-0.4, -0.2) is 27.2 Å². The molecular formula is C18H14F3N5O2S. The van der Waals surface area contributed by atoms with E-state index in [0.717, 1.165) is 12.1 Å². The molecule has 0 aliphatic heterocycles. The van der Waals surface area contributed by atoms with E-state index in [-0.39, 0.29) is 11.7 Å². The second-order valence-corrected chi connectivity index (χ2v) is 6.54. The summed E-state index contributed by atoms with van der Waals surface area (Å²) in [5, 5.41) is 3.09. The number of rotatable bonds is 6. The lowest BCUT2D eigenvalue weighted by Gasteiger charge is -2.11. The number of benzene rings is 1. The zero-order valence-corrected chi connectivity index (χ0v) is 15.5. The number of nitrogen functional groups attached to an aromatic ring is 1.